The highest BCUT2D eigenvalue weighted by atomic mass is 16.4. The first kappa shape index (κ1) is 64.0. The quantitative estimate of drug-likeness (QED) is 0.0243. The molecule has 6 nitrogen and oxygen atoms in total. The molecule has 0 aliphatic carbocycles. The highest BCUT2D eigenvalue weighted by Gasteiger charge is 2.61. The third-order valence-electron chi connectivity index (χ3n) is 11.4. The maximum atomic E-state index is 13.6. The molecule has 1 atom stereocenters. The van der Waals surface area contributed by atoms with Crippen molar-refractivity contribution >= 4 is 17.3 Å². The summed E-state index contributed by atoms with van der Waals surface area (Å²) >= 11 is 0. The fraction of sp³-hybridized carbons (Fsp3) is 0.476. The average molecular weight is 945 g/mol. The Labute approximate surface area is 420 Å². The molecule has 0 bridgehead atoms. The molecule has 3 N–H and O–H groups in total. The Kier molecular flexibility index (Phi) is 44.5. The zero-order valence-corrected chi connectivity index (χ0v) is 43.1. The molecule has 0 aromatic rings. The predicted octanol–water partition coefficient (Wildman–Crippen LogP) is 15.9. The van der Waals surface area contributed by atoms with E-state index in [2.05, 4.69) is 39.0 Å². The molecular weight excluding hydrogens is 853 g/mol. The molecule has 380 valence electrons. The Morgan fingerprint density at radius 3 is 0.783 bits per heavy atom. The molecule has 0 saturated carbocycles. The predicted molar refractivity (Wildman–Crippen MR) is 297 cm³/mol. The van der Waals surface area contributed by atoms with E-state index in [0.717, 1.165) is 37.5 Å². The summed E-state index contributed by atoms with van der Waals surface area (Å²) in [7, 11) is 0. The van der Waals surface area contributed by atoms with Crippen LogP contribution in [-0.4, -0.2) is 50.5 Å². The minimum absolute atomic E-state index is 0.896. The lowest BCUT2D eigenvalue weighted by molar-refractivity contribution is -0.187. The van der Waals surface area contributed by atoms with Crippen molar-refractivity contribution in [1.29, 1.82) is 0 Å². The van der Waals surface area contributed by atoms with Gasteiger partial charge in [-0.25, -0.2) is 0 Å². The van der Waals surface area contributed by atoms with Crippen LogP contribution in [0.4, 0.5) is 0 Å². The van der Waals surface area contributed by atoms with Crippen LogP contribution < -0.4 is 0 Å². The smallest absolute Gasteiger partial charge is 0.228 e. The molecule has 0 fully saturated rings. The highest BCUT2D eigenvalue weighted by molar-refractivity contribution is 6.23. The summed E-state index contributed by atoms with van der Waals surface area (Å²) in [5.74, 6) is -3.77. The summed E-state index contributed by atoms with van der Waals surface area (Å²) in [5, 5.41) is 33.6. The van der Waals surface area contributed by atoms with Gasteiger partial charge in [0.2, 0.25) is 5.60 Å². The lowest BCUT2D eigenvalue weighted by Crippen LogP contribution is -2.68. The van der Waals surface area contributed by atoms with Gasteiger partial charge >= 0.3 is 0 Å². The molecule has 1 unspecified atom stereocenters. The van der Waals surface area contributed by atoms with Crippen molar-refractivity contribution in [2.75, 3.05) is 6.61 Å². The largest absolute Gasteiger partial charge is 0.393 e. The minimum Gasteiger partial charge on any atom is -0.393 e. The first-order chi connectivity index (χ1) is 33.8. The Hall–Kier alpha value is -5.01. The second kappa shape index (κ2) is 48.0. The zero-order chi connectivity index (χ0) is 50.6. The van der Waals surface area contributed by atoms with Crippen molar-refractivity contribution in [3.63, 3.8) is 0 Å². The average Bonchev–Trinajstić information content (AvgIpc) is 3.35. The third-order valence-corrected chi connectivity index (χ3v) is 11.4. The summed E-state index contributed by atoms with van der Waals surface area (Å²) in [5.41, 5.74) is -6.53. The second-order valence-corrected chi connectivity index (χ2v) is 17.4. The fourth-order valence-electron chi connectivity index (χ4n) is 7.04. The van der Waals surface area contributed by atoms with E-state index >= 15 is 0 Å². The molecule has 0 aliphatic rings. The van der Waals surface area contributed by atoms with Crippen LogP contribution in [0.15, 0.2) is 182 Å². The highest BCUT2D eigenvalue weighted by Crippen LogP contribution is 2.28. The summed E-state index contributed by atoms with van der Waals surface area (Å²) in [6.45, 7) is 5.29. The number of carbonyl (C=O) groups excluding carboxylic acids is 3. The number of aliphatic hydroxyl groups is 3. The number of carbonyl (C=O) groups is 3. The molecule has 6 heteroatoms. The van der Waals surface area contributed by atoms with Crippen LogP contribution in [0.3, 0.4) is 0 Å². The molecule has 0 aromatic carbocycles. The topological polar surface area (TPSA) is 112 Å². The van der Waals surface area contributed by atoms with Gasteiger partial charge in [-0.1, -0.05) is 300 Å². The van der Waals surface area contributed by atoms with Crippen LogP contribution in [0.2, 0.25) is 0 Å². The molecule has 0 radical (unpaired) electrons. The van der Waals surface area contributed by atoms with Crippen molar-refractivity contribution in [1.82, 2.24) is 0 Å². The van der Waals surface area contributed by atoms with Gasteiger partial charge in [0.1, 0.15) is 0 Å². The van der Waals surface area contributed by atoms with Gasteiger partial charge in [-0.05, 0) is 56.8 Å². The zero-order valence-electron chi connectivity index (χ0n) is 43.1. The van der Waals surface area contributed by atoms with Crippen LogP contribution in [0.25, 0.3) is 0 Å². The van der Waals surface area contributed by atoms with Crippen LogP contribution in [-0.2, 0) is 14.4 Å². The van der Waals surface area contributed by atoms with Crippen molar-refractivity contribution in [2.45, 2.75) is 186 Å². The lowest BCUT2D eigenvalue weighted by Gasteiger charge is -2.36. The minimum atomic E-state index is -3.34. The summed E-state index contributed by atoms with van der Waals surface area (Å²) in [4.78, 5) is 40.6. The van der Waals surface area contributed by atoms with E-state index < -0.39 is 35.2 Å². The molecule has 0 rings (SSSR count). The Morgan fingerprint density at radius 2 is 0.522 bits per heavy atom. The van der Waals surface area contributed by atoms with E-state index in [-0.39, 0.29) is 0 Å². The van der Waals surface area contributed by atoms with E-state index in [4.69, 9.17) is 0 Å². The van der Waals surface area contributed by atoms with Crippen LogP contribution >= 0.6 is 0 Å². The molecule has 0 aromatic heterocycles. The number of ketones is 3. The van der Waals surface area contributed by atoms with Crippen molar-refractivity contribution in [3.05, 3.63) is 182 Å². The number of hydrogen-bond acceptors (Lipinski definition) is 6. The molecule has 0 heterocycles. The summed E-state index contributed by atoms with van der Waals surface area (Å²) in [6, 6.07) is 0. The second-order valence-electron chi connectivity index (χ2n) is 17.4. The first-order valence-electron chi connectivity index (χ1n) is 26.4. The molecule has 0 saturated heterocycles. The standard InChI is InChI=1S/C63H92O6/c1-4-7-10-13-16-19-22-25-28-31-34-37-40-43-46-49-52-55-59(65)62(68,58-64)63(69,60(66)56-53-50-47-44-41-38-35-32-29-26-23-20-17-14-11-8-5-2)61(67)57-54-51-48-45-42-39-36-33-30-27-24-21-18-15-12-9-6-3/h28-57,64,68-69H,4-27,58H2,1-3H3/b31-28+,32-29+,33-30+,37-34+,38-35+,39-36+,43-40+,44-41+,45-42+,49-46+,50-47+,51-48+,55-52+,56-53+,57-54+. The lowest BCUT2D eigenvalue weighted by atomic mass is 9.73. The van der Waals surface area contributed by atoms with E-state index in [1.807, 2.05) is 72.9 Å². The number of rotatable bonds is 44. The molecule has 0 aliphatic heterocycles. The SMILES string of the molecule is CCCCCCCCC/C=C/C=C/C=C/C=C/C=C/C(=O)C(O)(CO)C(O)(C(=O)/C=C/C=C/C=C/C=C/C=C/CCCCCCCCC)C(=O)/C=C/C=C/C=C/C=C/C=C/CCCCCCCCC. The van der Waals surface area contributed by atoms with Gasteiger partial charge < -0.3 is 15.3 Å². The number of hydrogen-bond donors (Lipinski definition) is 3. The molecular formula is C63H92O6. The van der Waals surface area contributed by atoms with Crippen LogP contribution in [0, 0.1) is 0 Å². The van der Waals surface area contributed by atoms with E-state index in [0.29, 0.717) is 0 Å². The fourth-order valence-corrected chi connectivity index (χ4v) is 7.04. The monoisotopic (exact) mass is 945 g/mol. The van der Waals surface area contributed by atoms with Crippen molar-refractivity contribution in [3.8, 4) is 0 Å². The van der Waals surface area contributed by atoms with Gasteiger partial charge in [0.25, 0.3) is 0 Å². The Morgan fingerprint density at radius 1 is 0.304 bits per heavy atom. The van der Waals surface area contributed by atoms with Gasteiger partial charge in [-0.2, -0.15) is 0 Å². The third kappa shape index (κ3) is 34.9. The Balaban J connectivity index is 5.70. The maximum absolute atomic E-state index is 13.6. The maximum Gasteiger partial charge on any atom is 0.228 e. The van der Waals surface area contributed by atoms with E-state index in [1.54, 1.807) is 36.5 Å². The van der Waals surface area contributed by atoms with Gasteiger partial charge in [0.15, 0.2) is 23.0 Å². The van der Waals surface area contributed by atoms with Crippen molar-refractivity contribution in [2.24, 2.45) is 0 Å². The number of unbranched alkanes of at least 4 members (excludes halogenated alkanes) is 21. The molecule has 69 heavy (non-hydrogen) atoms. The Bertz CT molecular complexity index is 1700. The van der Waals surface area contributed by atoms with Gasteiger partial charge in [0, 0.05) is 0 Å². The number of aliphatic hydroxyl groups excluding tert-OH is 1. The number of allylic oxidation sites excluding steroid dienone is 27. The first-order valence-corrected chi connectivity index (χ1v) is 26.4. The van der Waals surface area contributed by atoms with Crippen LogP contribution in [0.5, 0.6) is 0 Å². The molecule has 0 amide bonds. The summed E-state index contributed by atoms with van der Waals surface area (Å²) in [6.07, 6.45) is 80.8. The normalized spacial score (nSPS) is 14.5. The van der Waals surface area contributed by atoms with Crippen LogP contribution in [0.1, 0.15) is 175 Å². The van der Waals surface area contributed by atoms with Gasteiger partial charge in [0.05, 0.1) is 6.61 Å². The van der Waals surface area contributed by atoms with Crippen molar-refractivity contribution < 1.29 is 29.7 Å². The van der Waals surface area contributed by atoms with E-state index in [1.165, 1.54) is 171 Å². The molecule has 0 spiro atoms. The summed E-state index contributed by atoms with van der Waals surface area (Å²) < 4.78 is 0. The van der Waals surface area contributed by atoms with E-state index in [9.17, 15) is 29.7 Å². The van der Waals surface area contributed by atoms with Gasteiger partial charge in [-0.3, -0.25) is 14.4 Å². The van der Waals surface area contributed by atoms with Gasteiger partial charge in [-0.15, -0.1) is 0 Å².